The fourth-order valence-electron chi connectivity index (χ4n) is 2.51. The Morgan fingerprint density at radius 2 is 2.04 bits per heavy atom. The van der Waals surface area contributed by atoms with E-state index in [2.05, 4.69) is 10.6 Å². The molecule has 0 saturated carbocycles. The highest BCUT2D eigenvalue weighted by Crippen LogP contribution is 2.23. The maximum absolute atomic E-state index is 12.3. The topological polar surface area (TPSA) is 147 Å². The molecular weight excluding hydrogens is 340 g/mol. The lowest BCUT2D eigenvalue weighted by molar-refractivity contribution is -0.137. The molecule has 9 nitrogen and oxygen atoms in total. The number of nitrogens with one attached hydrogen (secondary N) is 2. The number of hydrogen-bond donors (Lipinski definition) is 5. The normalized spacial score (nSPS) is 11.6. The van der Waals surface area contributed by atoms with Gasteiger partial charge in [0.1, 0.15) is 5.75 Å². The number of amides is 2. The molecule has 0 aliphatic heterocycles. The third-order valence-electron chi connectivity index (χ3n) is 3.77. The first-order valence-electron chi connectivity index (χ1n) is 7.73. The third kappa shape index (κ3) is 4.32. The summed E-state index contributed by atoms with van der Waals surface area (Å²) in [6.45, 7) is 1.58. The molecule has 9 heteroatoms. The molecule has 0 radical (unpaired) electrons. The number of carboxylic acids is 1. The largest absolute Gasteiger partial charge is 0.505 e. The quantitative estimate of drug-likeness (QED) is 0.508. The predicted octanol–water partition coefficient (Wildman–Crippen LogP) is 1.32. The monoisotopic (exact) mass is 360 g/mol. The van der Waals surface area contributed by atoms with Gasteiger partial charge in [-0.1, -0.05) is 12.1 Å². The van der Waals surface area contributed by atoms with Gasteiger partial charge >= 0.3 is 12.0 Å². The molecule has 0 aliphatic rings. The second kappa shape index (κ2) is 7.60. The van der Waals surface area contributed by atoms with Gasteiger partial charge in [0, 0.05) is 24.5 Å². The summed E-state index contributed by atoms with van der Waals surface area (Å²) in [6, 6.07) is 4.77. The first-order valence-corrected chi connectivity index (χ1v) is 7.73. The second-order valence-corrected chi connectivity index (χ2v) is 5.87. The van der Waals surface area contributed by atoms with Crippen LogP contribution < -0.4 is 21.9 Å². The maximum Gasteiger partial charge on any atom is 0.319 e. The molecule has 0 fully saturated rings. The Morgan fingerprint density at radius 3 is 2.65 bits per heavy atom. The molecule has 2 aromatic rings. The summed E-state index contributed by atoms with van der Waals surface area (Å²) in [5, 5.41) is 23.9. The number of nitrogens with zero attached hydrogens (tertiary/aromatic N) is 1. The van der Waals surface area contributed by atoms with Crippen LogP contribution in [-0.4, -0.2) is 26.8 Å². The van der Waals surface area contributed by atoms with Gasteiger partial charge < -0.3 is 31.1 Å². The van der Waals surface area contributed by atoms with Crippen molar-refractivity contribution in [2.24, 2.45) is 7.05 Å². The molecule has 1 atom stereocenters. The maximum atomic E-state index is 12.3. The summed E-state index contributed by atoms with van der Waals surface area (Å²) in [4.78, 5) is 35.5. The molecule has 2 amide bonds. The SMILES string of the molecule is Cc1cn(C)c(=O)c(NC(=O)NC(CC(=O)O)c2cccc(N)c2)c1O. The zero-order valence-corrected chi connectivity index (χ0v) is 14.3. The molecule has 0 spiro atoms. The summed E-state index contributed by atoms with van der Waals surface area (Å²) in [7, 11) is 1.48. The van der Waals surface area contributed by atoms with Crippen LogP contribution in [-0.2, 0) is 11.8 Å². The van der Waals surface area contributed by atoms with Crippen molar-refractivity contribution in [3.8, 4) is 5.75 Å². The highest BCUT2D eigenvalue weighted by atomic mass is 16.4. The number of aromatic nitrogens is 1. The number of nitrogens with two attached hydrogens (primary N) is 1. The van der Waals surface area contributed by atoms with E-state index in [1.807, 2.05) is 0 Å². The highest BCUT2D eigenvalue weighted by Gasteiger charge is 2.20. The van der Waals surface area contributed by atoms with Crippen molar-refractivity contribution >= 4 is 23.4 Å². The Morgan fingerprint density at radius 1 is 1.35 bits per heavy atom. The fraction of sp³-hybridized carbons (Fsp3) is 0.235. The lowest BCUT2D eigenvalue weighted by Gasteiger charge is -2.19. The molecule has 1 unspecified atom stereocenters. The number of carboxylic acid groups (broad SMARTS) is 1. The molecule has 138 valence electrons. The van der Waals surface area contributed by atoms with Gasteiger partial charge in [0.25, 0.3) is 5.56 Å². The summed E-state index contributed by atoms with van der Waals surface area (Å²) >= 11 is 0. The fourth-order valence-corrected chi connectivity index (χ4v) is 2.51. The Hall–Kier alpha value is -3.49. The van der Waals surface area contributed by atoms with Gasteiger partial charge in [-0.15, -0.1) is 0 Å². The molecule has 0 aliphatic carbocycles. The lowest BCUT2D eigenvalue weighted by Crippen LogP contribution is -2.36. The number of pyridine rings is 1. The van der Waals surface area contributed by atoms with Gasteiger partial charge in [-0.2, -0.15) is 0 Å². The van der Waals surface area contributed by atoms with Crippen LogP contribution in [0.1, 0.15) is 23.6 Å². The average Bonchev–Trinajstić information content (AvgIpc) is 2.56. The molecule has 6 N–H and O–H groups in total. The summed E-state index contributed by atoms with van der Waals surface area (Å²) in [6.07, 6.45) is 1.05. The predicted molar refractivity (Wildman–Crippen MR) is 96.1 cm³/mol. The molecular formula is C17H20N4O5. The van der Waals surface area contributed by atoms with Crippen molar-refractivity contribution in [1.29, 1.82) is 0 Å². The van der Waals surface area contributed by atoms with E-state index >= 15 is 0 Å². The number of benzene rings is 1. The summed E-state index contributed by atoms with van der Waals surface area (Å²) < 4.78 is 1.22. The molecule has 0 saturated heterocycles. The van der Waals surface area contributed by atoms with E-state index in [4.69, 9.17) is 10.8 Å². The van der Waals surface area contributed by atoms with Crippen molar-refractivity contribution in [3.63, 3.8) is 0 Å². The Kier molecular flexibility index (Phi) is 5.51. The van der Waals surface area contributed by atoms with Crippen LogP contribution in [0.3, 0.4) is 0 Å². The van der Waals surface area contributed by atoms with Crippen LogP contribution in [0.4, 0.5) is 16.2 Å². The highest BCUT2D eigenvalue weighted by molar-refractivity contribution is 5.91. The van der Waals surface area contributed by atoms with Crippen LogP contribution in [0, 0.1) is 6.92 Å². The van der Waals surface area contributed by atoms with Gasteiger partial charge in [0.15, 0.2) is 5.69 Å². The Labute approximate surface area is 149 Å². The second-order valence-electron chi connectivity index (χ2n) is 5.87. The van der Waals surface area contributed by atoms with E-state index in [0.29, 0.717) is 16.8 Å². The standard InChI is InChI=1S/C17H20N4O5/c1-9-8-21(2)16(25)14(15(9)24)20-17(26)19-12(7-13(22)23)10-4-3-5-11(18)6-10/h3-6,8,12,24H,7,18H2,1-2H3,(H,22,23)(H2,19,20,26). The Balaban J connectivity index is 2.26. The third-order valence-corrected chi connectivity index (χ3v) is 3.77. The Bertz CT molecular complexity index is 907. The number of aromatic hydroxyl groups is 1. The first kappa shape index (κ1) is 18.8. The van der Waals surface area contributed by atoms with Gasteiger partial charge in [-0.05, 0) is 24.6 Å². The average molecular weight is 360 g/mol. The van der Waals surface area contributed by atoms with Crippen molar-refractivity contribution < 1.29 is 19.8 Å². The number of urea groups is 1. The van der Waals surface area contributed by atoms with E-state index in [1.54, 1.807) is 31.2 Å². The van der Waals surface area contributed by atoms with E-state index in [0.717, 1.165) is 0 Å². The number of carbonyl (C=O) groups is 2. The summed E-state index contributed by atoms with van der Waals surface area (Å²) in [5.74, 6) is -1.46. The zero-order valence-electron chi connectivity index (χ0n) is 14.3. The lowest BCUT2D eigenvalue weighted by atomic mass is 10.0. The van der Waals surface area contributed by atoms with Crippen molar-refractivity contribution in [3.05, 3.63) is 51.9 Å². The molecule has 1 heterocycles. The van der Waals surface area contributed by atoms with Crippen LogP contribution in [0.25, 0.3) is 0 Å². The number of aliphatic carboxylic acids is 1. The minimum absolute atomic E-state index is 0.286. The van der Waals surface area contributed by atoms with Gasteiger partial charge in [0.2, 0.25) is 0 Å². The smallest absolute Gasteiger partial charge is 0.319 e. The minimum Gasteiger partial charge on any atom is -0.505 e. The van der Waals surface area contributed by atoms with Gasteiger partial charge in [0.05, 0.1) is 12.5 Å². The molecule has 26 heavy (non-hydrogen) atoms. The van der Waals surface area contributed by atoms with Gasteiger partial charge in [-0.3, -0.25) is 9.59 Å². The zero-order chi connectivity index (χ0) is 19.4. The molecule has 2 rings (SSSR count). The minimum atomic E-state index is -1.12. The number of aryl methyl sites for hydroxylation is 2. The number of anilines is 2. The van der Waals surface area contributed by atoms with E-state index in [1.165, 1.54) is 17.8 Å². The van der Waals surface area contributed by atoms with Crippen molar-refractivity contribution in [2.75, 3.05) is 11.1 Å². The number of nitrogen functional groups attached to an aromatic ring is 1. The van der Waals surface area contributed by atoms with E-state index < -0.39 is 23.6 Å². The first-order chi connectivity index (χ1) is 12.2. The molecule has 0 bridgehead atoms. The van der Waals surface area contributed by atoms with Crippen LogP contribution in [0.5, 0.6) is 5.75 Å². The van der Waals surface area contributed by atoms with Crippen LogP contribution >= 0.6 is 0 Å². The van der Waals surface area contributed by atoms with Crippen molar-refractivity contribution in [2.45, 2.75) is 19.4 Å². The number of carbonyl (C=O) groups excluding carboxylic acids is 1. The van der Waals surface area contributed by atoms with Crippen LogP contribution in [0.15, 0.2) is 35.3 Å². The van der Waals surface area contributed by atoms with Crippen molar-refractivity contribution in [1.82, 2.24) is 9.88 Å². The number of rotatable bonds is 5. The van der Waals surface area contributed by atoms with E-state index in [-0.39, 0.29) is 17.9 Å². The molecule has 1 aromatic heterocycles. The number of hydrogen-bond acceptors (Lipinski definition) is 5. The van der Waals surface area contributed by atoms with E-state index in [9.17, 15) is 19.5 Å². The molecule has 1 aromatic carbocycles. The van der Waals surface area contributed by atoms with Gasteiger partial charge in [-0.25, -0.2) is 4.79 Å². The summed E-state index contributed by atoms with van der Waals surface area (Å²) in [5.41, 5.74) is 6.15. The van der Waals surface area contributed by atoms with Crippen LogP contribution in [0.2, 0.25) is 0 Å².